The van der Waals surface area contributed by atoms with Crippen LogP contribution in [0.15, 0.2) is 29.2 Å². The minimum absolute atomic E-state index is 0.300. The number of hydrogen-bond acceptors (Lipinski definition) is 3. The summed E-state index contributed by atoms with van der Waals surface area (Å²) in [5.74, 6) is 0.300. The van der Waals surface area contributed by atoms with Crippen LogP contribution in [0.4, 0.5) is 0 Å². The second-order valence-corrected chi connectivity index (χ2v) is 6.62. The van der Waals surface area contributed by atoms with Crippen LogP contribution in [0.25, 0.3) is 0 Å². The zero-order chi connectivity index (χ0) is 13.2. The standard InChI is InChI=1S/C13H20N2O2S/c1-2-12-5-3-4-6-13(12)18(16,17)15-8-7-11(9-14)10-15/h3-6,11H,2,7-10,14H2,1H3. The third-order valence-electron chi connectivity index (χ3n) is 3.55. The number of aryl methyl sites for hydroxylation is 1. The molecule has 4 nitrogen and oxygen atoms in total. The first-order valence-corrected chi connectivity index (χ1v) is 7.81. The highest BCUT2D eigenvalue weighted by atomic mass is 32.2. The molecule has 0 saturated carbocycles. The van der Waals surface area contributed by atoms with Crippen LogP contribution < -0.4 is 5.73 Å². The van der Waals surface area contributed by atoms with Crippen LogP contribution in [-0.4, -0.2) is 32.4 Å². The van der Waals surface area contributed by atoms with Crippen molar-refractivity contribution >= 4 is 10.0 Å². The van der Waals surface area contributed by atoms with E-state index in [4.69, 9.17) is 5.73 Å². The van der Waals surface area contributed by atoms with Crippen molar-refractivity contribution in [1.82, 2.24) is 4.31 Å². The van der Waals surface area contributed by atoms with Crippen LogP contribution in [0.3, 0.4) is 0 Å². The molecule has 100 valence electrons. The summed E-state index contributed by atoms with van der Waals surface area (Å²) in [7, 11) is -3.35. The second-order valence-electron chi connectivity index (χ2n) is 4.71. The summed E-state index contributed by atoms with van der Waals surface area (Å²) in [6.07, 6.45) is 1.59. The van der Waals surface area contributed by atoms with Crippen LogP contribution >= 0.6 is 0 Å². The number of nitrogens with two attached hydrogens (primary N) is 1. The van der Waals surface area contributed by atoms with Crippen molar-refractivity contribution in [2.45, 2.75) is 24.7 Å². The Hall–Kier alpha value is -0.910. The molecule has 1 aromatic carbocycles. The van der Waals surface area contributed by atoms with E-state index in [0.717, 1.165) is 18.4 Å². The third-order valence-corrected chi connectivity index (χ3v) is 5.52. The van der Waals surface area contributed by atoms with Crippen LogP contribution in [0.5, 0.6) is 0 Å². The van der Waals surface area contributed by atoms with Crippen molar-refractivity contribution in [3.05, 3.63) is 29.8 Å². The Morgan fingerprint density at radius 1 is 1.39 bits per heavy atom. The summed E-state index contributed by atoms with van der Waals surface area (Å²) < 4.78 is 26.7. The smallest absolute Gasteiger partial charge is 0.243 e. The van der Waals surface area contributed by atoms with Crippen LogP contribution in [0.1, 0.15) is 18.9 Å². The molecule has 1 atom stereocenters. The summed E-state index contributed by atoms with van der Waals surface area (Å²) in [6.45, 7) is 3.67. The van der Waals surface area contributed by atoms with E-state index in [2.05, 4.69) is 0 Å². The quantitative estimate of drug-likeness (QED) is 0.893. The van der Waals surface area contributed by atoms with E-state index in [0.29, 0.717) is 30.4 Å². The van der Waals surface area contributed by atoms with E-state index in [-0.39, 0.29) is 0 Å². The van der Waals surface area contributed by atoms with E-state index in [1.54, 1.807) is 16.4 Å². The Morgan fingerprint density at radius 3 is 2.72 bits per heavy atom. The number of nitrogens with zero attached hydrogens (tertiary/aromatic N) is 1. The molecule has 1 heterocycles. The molecule has 0 radical (unpaired) electrons. The lowest BCUT2D eigenvalue weighted by Gasteiger charge is -2.18. The molecule has 18 heavy (non-hydrogen) atoms. The predicted octanol–water partition coefficient (Wildman–Crippen LogP) is 1.22. The van der Waals surface area contributed by atoms with E-state index in [1.165, 1.54) is 0 Å². The maximum Gasteiger partial charge on any atom is 0.243 e. The Bertz CT molecular complexity index is 513. The molecule has 1 aliphatic heterocycles. The normalized spacial score (nSPS) is 21.3. The maximum absolute atomic E-state index is 12.6. The molecular formula is C13H20N2O2S. The topological polar surface area (TPSA) is 63.4 Å². The summed E-state index contributed by atoms with van der Waals surface area (Å²) in [4.78, 5) is 0.449. The first-order chi connectivity index (χ1) is 8.59. The van der Waals surface area contributed by atoms with Gasteiger partial charge < -0.3 is 5.73 Å². The van der Waals surface area contributed by atoms with Crippen LogP contribution in [0, 0.1) is 5.92 Å². The van der Waals surface area contributed by atoms with Crippen molar-refractivity contribution in [3.63, 3.8) is 0 Å². The van der Waals surface area contributed by atoms with Gasteiger partial charge in [0.25, 0.3) is 0 Å². The number of benzene rings is 1. The zero-order valence-corrected chi connectivity index (χ0v) is 11.5. The molecule has 0 spiro atoms. The summed E-state index contributed by atoms with van der Waals surface area (Å²) in [5, 5.41) is 0. The van der Waals surface area contributed by atoms with Crippen molar-refractivity contribution < 1.29 is 8.42 Å². The van der Waals surface area contributed by atoms with Gasteiger partial charge in [-0.3, -0.25) is 0 Å². The van der Waals surface area contributed by atoms with Gasteiger partial charge in [-0.2, -0.15) is 4.31 Å². The second kappa shape index (κ2) is 5.38. The van der Waals surface area contributed by atoms with Gasteiger partial charge in [-0.15, -0.1) is 0 Å². The summed E-state index contributed by atoms with van der Waals surface area (Å²) in [5.41, 5.74) is 6.50. The fraction of sp³-hybridized carbons (Fsp3) is 0.538. The molecule has 0 bridgehead atoms. The fourth-order valence-corrected chi connectivity index (χ4v) is 4.22. The van der Waals surface area contributed by atoms with Gasteiger partial charge in [0.05, 0.1) is 4.90 Å². The van der Waals surface area contributed by atoms with Gasteiger partial charge in [0.1, 0.15) is 0 Å². The lowest BCUT2D eigenvalue weighted by atomic mass is 10.1. The van der Waals surface area contributed by atoms with E-state index >= 15 is 0 Å². The third kappa shape index (κ3) is 2.43. The Balaban J connectivity index is 2.31. The van der Waals surface area contributed by atoms with E-state index in [9.17, 15) is 8.42 Å². The average molecular weight is 268 g/mol. The SMILES string of the molecule is CCc1ccccc1S(=O)(=O)N1CCC(CN)C1. The summed E-state index contributed by atoms with van der Waals surface area (Å²) in [6, 6.07) is 7.24. The largest absolute Gasteiger partial charge is 0.330 e. The lowest BCUT2D eigenvalue weighted by molar-refractivity contribution is 0.458. The first-order valence-electron chi connectivity index (χ1n) is 6.37. The molecule has 1 unspecified atom stereocenters. The van der Waals surface area contributed by atoms with Crippen LogP contribution in [0.2, 0.25) is 0 Å². The fourth-order valence-electron chi connectivity index (χ4n) is 2.39. The molecule has 2 rings (SSSR count). The first kappa shape index (κ1) is 13.5. The molecule has 1 aliphatic rings. The van der Waals surface area contributed by atoms with Crippen molar-refractivity contribution in [3.8, 4) is 0 Å². The Labute approximate surface area is 109 Å². The molecule has 2 N–H and O–H groups in total. The molecule has 0 amide bonds. The molecular weight excluding hydrogens is 248 g/mol. The molecule has 5 heteroatoms. The predicted molar refractivity (Wildman–Crippen MR) is 71.7 cm³/mol. The minimum atomic E-state index is -3.35. The zero-order valence-electron chi connectivity index (χ0n) is 10.7. The van der Waals surface area contributed by atoms with E-state index < -0.39 is 10.0 Å². The highest BCUT2D eigenvalue weighted by molar-refractivity contribution is 7.89. The van der Waals surface area contributed by atoms with Crippen LogP contribution in [-0.2, 0) is 16.4 Å². The van der Waals surface area contributed by atoms with Gasteiger partial charge in [0.15, 0.2) is 0 Å². The van der Waals surface area contributed by atoms with Gasteiger partial charge in [-0.25, -0.2) is 8.42 Å². The number of rotatable bonds is 4. The van der Waals surface area contributed by atoms with Gasteiger partial charge >= 0.3 is 0 Å². The summed E-state index contributed by atoms with van der Waals surface area (Å²) >= 11 is 0. The van der Waals surface area contributed by atoms with Gasteiger partial charge in [0.2, 0.25) is 10.0 Å². The average Bonchev–Trinajstić information content (AvgIpc) is 2.88. The Morgan fingerprint density at radius 2 is 2.11 bits per heavy atom. The molecule has 0 aromatic heterocycles. The van der Waals surface area contributed by atoms with E-state index in [1.807, 2.05) is 19.1 Å². The molecule has 0 aliphatic carbocycles. The van der Waals surface area contributed by atoms with Crippen molar-refractivity contribution in [1.29, 1.82) is 0 Å². The van der Waals surface area contributed by atoms with Gasteiger partial charge in [-0.05, 0) is 36.9 Å². The van der Waals surface area contributed by atoms with Crippen molar-refractivity contribution in [2.75, 3.05) is 19.6 Å². The molecule has 1 saturated heterocycles. The molecule has 1 aromatic rings. The monoisotopic (exact) mass is 268 g/mol. The molecule has 1 fully saturated rings. The highest BCUT2D eigenvalue weighted by Gasteiger charge is 2.32. The minimum Gasteiger partial charge on any atom is -0.330 e. The van der Waals surface area contributed by atoms with Gasteiger partial charge in [-0.1, -0.05) is 25.1 Å². The highest BCUT2D eigenvalue weighted by Crippen LogP contribution is 2.26. The number of sulfonamides is 1. The van der Waals surface area contributed by atoms with Crippen molar-refractivity contribution in [2.24, 2.45) is 11.7 Å². The number of hydrogen-bond donors (Lipinski definition) is 1. The lowest BCUT2D eigenvalue weighted by Crippen LogP contribution is -2.30. The Kier molecular flexibility index (Phi) is 4.04. The maximum atomic E-state index is 12.6. The van der Waals surface area contributed by atoms with Gasteiger partial charge in [0, 0.05) is 13.1 Å².